The van der Waals surface area contributed by atoms with Gasteiger partial charge in [0, 0.05) is 13.7 Å². The summed E-state index contributed by atoms with van der Waals surface area (Å²) in [6.45, 7) is 4.70. The molecule has 0 spiro atoms. The van der Waals surface area contributed by atoms with Gasteiger partial charge in [-0.15, -0.1) is 10.2 Å². The largest absolute Gasteiger partial charge is 0.448 e. The number of ether oxygens (including phenoxy) is 1. The van der Waals surface area contributed by atoms with Gasteiger partial charge in [-0.2, -0.15) is 0 Å². The highest BCUT2D eigenvalue weighted by atomic mass is 16.5. The molecular formula is C12H17N5O3. The number of hydrogen-bond acceptors (Lipinski definition) is 6. The van der Waals surface area contributed by atoms with Gasteiger partial charge in [0.15, 0.2) is 17.9 Å². The maximum Gasteiger partial charge on any atom is 0.274 e. The van der Waals surface area contributed by atoms with Gasteiger partial charge >= 0.3 is 0 Å². The first-order valence-corrected chi connectivity index (χ1v) is 6.21. The number of oxazole rings is 1. The van der Waals surface area contributed by atoms with Crippen LogP contribution in [-0.4, -0.2) is 39.4 Å². The molecule has 1 amide bonds. The Labute approximate surface area is 116 Å². The molecule has 2 heterocycles. The highest BCUT2D eigenvalue weighted by Gasteiger charge is 2.19. The molecule has 0 saturated heterocycles. The third kappa shape index (κ3) is 3.02. The molecule has 2 aromatic heterocycles. The fourth-order valence-electron chi connectivity index (χ4n) is 1.81. The van der Waals surface area contributed by atoms with E-state index >= 15 is 0 Å². The second-order valence-corrected chi connectivity index (χ2v) is 4.33. The molecular weight excluding hydrogens is 262 g/mol. The normalized spacial score (nSPS) is 12.3. The lowest BCUT2D eigenvalue weighted by Gasteiger charge is -2.14. The number of rotatable bonds is 6. The lowest BCUT2D eigenvalue weighted by Crippen LogP contribution is -2.29. The number of aromatic nitrogens is 4. The summed E-state index contributed by atoms with van der Waals surface area (Å²) in [6, 6.07) is -0.294. The fourth-order valence-corrected chi connectivity index (χ4v) is 1.81. The number of hydrogen-bond donors (Lipinski definition) is 1. The van der Waals surface area contributed by atoms with Crippen LogP contribution < -0.4 is 5.32 Å². The van der Waals surface area contributed by atoms with E-state index in [0.717, 1.165) is 0 Å². The molecule has 1 atom stereocenters. The van der Waals surface area contributed by atoms with Crippen LogP contribution in [0.4, 0.5) is 0 Å². The molecule has 0 aliphatic rings. The summed E-state index contributed by atoms with van der Waals surface area (Å²) in [7, 11) is 1.63. The van der Waals surface area contributed by atoms with Crippen molar-refractivity contribution in [2.24, 2.45) is 0 Å². The summed E-state index contributed by atoms with van der Waals surface area (Å²) in [6.07, 6.45) is 2.86. The maximum absolute atomic E-state index is 12.0. The highest BCUT2D eigenvalue weighted by molar-refractivity contribution is 5.93. The van der Waals surface area contributed by atoms with Crippen LogP contribution in [0.1, 0.15) is 35.0 Å². The molecule has 0 aliphatic carbocycles. The Bertz CT molecular complexity index is 577. The summed E-state index contributed by atoms with van der Waals surface area (Å²) in [5, 5.41) is 10.7. The molecule has 8 nitrogen and oxygen atoms in total. The molecule has 0 fully saturated rings. The molecule has 0 saturated carbocycles. The zero-order valence-corrected chi connectivity index (χ0v) is 11.7. The molecule has 0 aliphatic heterocycles. The van der Waals surface area contributed by atoms with E-state index in [2.05, 4.69) is 20.5 Å². The van der Waals surface area contributed by atoms with Crippen molar-refractivity contribution < 1.29 is 13.9 Å². The lowest BCUT2D eigenvalue weighted by atomic mass is 10.2. The van der Waals surface area contributed by atoms with Crippen molar-refractivity contribution >= 4 is 5.91 Å². The molecule has 8 heteroatoms. The Morgan fingerprint density at radius 2 is 2.40 bits per heavy atom. The average Bonchev–Trinajstić information content (AvgIpc) is 3.04. The van der Waals surface area contributed by atoms with Crippen molar-refractivity contribution in [3.8, 4) is 0 Å². The van der Waals surface area contributed by atoms with Crippen LogP contribution in [0.15, 0.2) is 17.1 Å². The van der Waals surface area contributed by atoms with Crippen LogP contribution in [-0.2, 0) is 11.3 Å². The summed E-state index contributed by atoms with van der Waals surface area (Å²) < 4.78 is 11.9. The van der Waals surface area contributed by atoms with Crippen LogP contribution in [0.3, 0.4) is 0 Å². The Kier molecular flexibility index (Phi) is 4.46. The van der Waals surface area contributed by atoms with Crippen molar-refractivity contribution in [1.82, 2.24) is 25.1 Å². The third-order valence-corrected chi connectivity index (χ3v) is 2.88. The summed E-state index contributed by atoms with van der Waals surface area (Å²) >= 11 is 0. The predicted octanol–water partition coefficient (Wildman–Crippen LogP) is 0.712. The number of carbonyl (C=O) groups is 1. The molecule has 1 N–H and O–H groups in total. The molecule has 108 valence electrons. The standard InChI is InChI=1S/C12H17N5O3/c1-8(11-16-14-6-17(11)4-5-19-3)15-12(18)10-9(2)20-7-13-10/h6-8H,4-5H2,1-3H3,(H,15,18)/t8-/m0/s1. The van der Waals surface area contributed by atoms with Gasteiger partial charge in [0.2, 0.25) is 0 Å². The number of aryl methyl sites for hydroxylation is 1. The van der Waals surface area contributed by atoms with Crippen molar-refractivity contribution in [2.45, 2.75) is 26.4 Å². The topological polar surface area (TPSA) is 95.1 Å². The predicted molar refractivity (Wildman–Crippen MR) is 69.0 cm³/mol. The Balaban J connectivity index is 2.05. The Morgan fingerprint density at radius 1 is 1.60 bits per heavy atom. The molecule has 0 aromatic carbocycles. The summed E-state index contributed by atoms with van der Waals surface area (Å²) in [4.78, 5) is 15.9. The minimum Gasteiger partial charge on any atom is -0.448 e. The second kappa shape index (κ2) is 6.29. The Morgan fingerprint density at radius 3 is 3.05 bits per heavy atom. The van der Waals surface area contributed by atoms with Crippen molar-refractivity contribution in [3.63, 3.8) is 0 Å². The number of amides is 1. The van der Waals surface area contributed by atoms with E-state index in [-0.39, 0.29) is 17.6 Å². The number of nitrogens with zero attached hydrogens (tertiary/aromatic N) is 4. The van der Waals surface area contributed by atoms with Crippen LogP contribution in [0, 0.1) is 6.92 Å². The van der Waals surface area contributed by atoms with Gasteiger partial charge in [0.1, 0.15) is 12.1 Å². The van der Waals surface area contributed by atoms with Crippen molar-refractivity contribution in [1.29, 1.82) is 0 Å². The minimum absolute atomic E-state index is 0.278. The molecule has 2 aromatic rings. The second-order valence-electron chi connectivity index (χ2n) is 4.33. The van der Waals surface area contributed by atoms with E-state index < -0.39 is 0 Å². The number of carbonyl (C=O) groups excluding carboxylic acids is 1. The highest BCUT2D eigenvalue weighted by Crippen LogP contribution is 2.11. The van der Waals surface area contributed by atoms with Crippen LogP contribution >= 0.6 is 0 Å². The number of nitrogens with one attached hydrogen (secondary N) is 1. The maximum atomic E-state index is 12.0. The quantitative estimate of drug-likeness (QED) is 0.836. The summed E-state index contributed by atoms with van der Waals surface area (Å²) in [5.74, 6) is 0.845. The molecule has 0 unspecified atom stereocenters. The van der Waals surface area contributed by atoms with Crippen molar-refractivity contribution in [2.75, 3.05) is 13.7 Å². The van der Waals surface area contributed by atoms with Gasteiger partial charge < -0.3 is 19.0 Å². The first-order valence-electron chi connectivity index (χ1n) is 6.21. The average molecular weight is 279 g/mol. The summed E-state index contributed by atoms with van der Waals surface area (Å²) in [5.41, 5.74) is 0.278. The van der Waals surface area contributed by atoms with Gasteiger partial charge in [-0.3, -0.25) is 4.79 Å². The lowest BCUT2D eigenvalue weighted by molar-refractivity contribution is 0.0931. The van der Waals surface area contributed by atoms with E-state index in [9.17, 15) is 4.79 Å². The van der Waals surface area contributed by atoms with E-state index in [1.54, 1.807) is 20.4 Å². The van der Waals surface area contributed by atoms with Gasteiger partial charge in [-0.1, -0.05) is 0 Å². The smallest absolute Gasteiger partial charge is 0.274 e. The third-order valence-electron chi connectivity index (χ3n) is 2.88. The molecule has 0 bridgehead atoms. The van der Waals surface area contributed by atoms with Crippen LogP contribution in [0.25, 0.3) is 0 Å². The minimum atomic E-state index is -0.301. The SMILES string of the molecule is COCCn1cnnc1[C@H](C)NC(=O)c1ncoc1C. The Hall–Kier alpha value is -2.22. The van der Waals surface area contributed by atoms with Gasteiger partial charge in [-0.25, -0.2) is 4.98 Å². The molecule has 2 rings (SSSR count). The van der Waals surface area contributed by atoms with E-state index in [0.29, 0.717) is 24.7 Å². The van der Waals surface area contributed by atoms with Crippen LogP contribution in [0.5, 0.6) is 0 Å². The zero-order valence-electron chi connectivity index (χ0n) is 11.7. The molecule has 20 heavy (non-hydrogen) atoms. The van der Waals surface area contributed by atoms with Gasteiger partial charge in [0.25, 0.3) is 5.91 Å². The van der Waals surface area contributed by atoms with Crippen molar-refractivity contribution in [3.05, 3.63) is 30.0 Å². The first kappa shape index (κ1) is 14.2. The zero-order chi connectivity index (χ0) is 14.5. The molecule has 0 radical (unpaired) electrons. The van der Waals surface area contributed by atoms with Crippen LogP contribution in [0.2, 0.25) is 0 Å². The number of methoxy groups -OCH3 is 1. The van der Waals surface area contributed by atoms with Gasteiger partial charge in [-0.05, 0) is 13.8 Å². The first-order chi connectivity index (χ1) is 9.63. The fraction of sp³-hybridized carbons (Fsp3) is 0.500. The van der Waals surface area contributed by atoms with E-state index in [1.165, 1.54) is 6.39 Å². The van der Waals surface area contributed by atoms with E-state index in [4.69, 9.17) is 9.15 Å². The monoisotopic (exact) mass is 279 g/mol. The van der Waals surface area contributed by atoms with E-state index in [1.807, 2.05) is 11.5 Å². The van der Waals surface area contributed by atoms with Gasteiger partial charge in [0.05, 0.1) is 12.6 Å².